The Bertz CT molecular complexity index is 770. The van der Waals surface area contributed by atoms with E-state index >= 15 is 0 Å². The molecular formula is C13H13ClN2O4S. The van der Waals surface area contributed by atoms with Gasteiger partial charge in [-0.25, -0.2) is 13.1 Å². The molecule has 6 nitrogen and oxygen atoms in total. The van der Waals surface area contributed by atoms with Gasteiger partial charge in [0.05, 0.1) is 29.6 Å². The molecular weight excluding hydrogens is 316 g/mol. The van der Waals surface area contributed by atoms with Crippen LogP contribution >= 0.6 is 11.6 Å². The Hall–Kier alpha value is -1.99. The van der Waals surface area contributed by atoms with Crippen LogP contribution in [0, 0.1) is 0 Å². The molecule has 0 radical (unpaired) electrons. The molecule has 0 unspecified atom stereocenters. The van der Waals surface area contributed by atoms with Gasteiger partial charge in [-0.05, 0) is 18.2 Å². The first kappa shape index (κ1) is 15.4. The van der Waals surface area contributed by atoms with Gasteiger partial charge < -0.3 is 9.30 Å². The number of methoxy groups -OCH3 is 1. The lowest BCUT2D eigenvalue weighted by Gasteiger charge is -2.13. The van der Waals surface area contributed by atoms with Crippen LogP contribution in [-0.2, 0) is 10.0 Å². The summed E-state index contributed by atoms with van der Waals surface area (Å²) in [7, 11) is -2.28. The molecule has 1 N–H and O–H groups in total. The fourth-order valence-corrected chi connectivity index (χ4v) is 2.51. The largest absolute Gasteiger partial charge is 0.496 e. The minimum atomic E-state index is -3.67. The van der Waals surface area contributed by atoms with Gasteiger partial charge in [-0.15, -0.1) is 0 Å². The molecule has 1 aromatic heterocycles. The van der Waals surface area contributed by atoms with Crippen LogP contribution in [-0.4, -0.2) is 32.3 Å². The zero-order valence-electron chi connectivity index (χ0n) is 11.3. The Balaban J connectivity index is 2.49. The van der Waals surface area contributed by atoms with Crippen LogP contribution in [0.4, 0.5) is 0 Å². The van der Waals surface area contributed by atoms with Crippen molar-refractivity contribution in [3.05, 3.63) is 47.2 Å². The Kier molecular flexibility index (Phi) is 4.24. The average Bonchev–Trinajstić information content (AvgIpc) is 2.90. The molecule has 0 aliphatic rings. The first-order chi connectivity index (χ1) is 9.81. The zero-order valence-corrected chi connectivity index (χ0v) is 12.9. The summed E-state index contributed by atoms with van der Waals surface area (Å²) in [4.78, 5) is 12.0. The van der Waals surface area contributed by atoms with E-state index in [1.807, 2.05) is 16.9 Å². The maximum Gasteiger partial charge on any atom is 0.268 e. The molecule has 0 aliphatic carbocycles. The van der Waals surface area contributed by atoms with E-state index in [2.05, 4.69) is 0 Å². The van der Waals surface area contributed by atoms with Gasteiger partial charge in [0.25, 0.3) is 5.91 Å². The van der Waals surface area contributed by atoms with E-state index in [0.717, 1.165) is 6.26 Å². The van der Waals surface area contributed by atoms with E-state index in [1.54, 1.807) is 23.0 Å². The van der Waals surface area contributed by atoms with Crippen LogP contribution < -0.4 is 9.46 Å². The van der Waals surface area contributed by atoms with Crippen LogP contribution in [0.1, 0.15) is 10.4 Å². The number of hydrogen-bond donors (Lipinski definition) is 1. The number of nitrogens with one attached hydrogen (secondary N) is 1. The monoisotopic (exact) mass is 328 g/mol. The van der Waals surface area contributed by atoms with Crippen molar-refractivity contribution in [1.82, 2.24) is 9.29 Å². The second-order valence-corrected chi connectivity index (χ2v) is 6.45. The number of benzene rings is 1. The highest BCUT2D eigenvalue weighted by atomic mass is 35.5. The summed E-state index contributed by atoms with van der Waals surface area (Å²) in [5.41, 5.74) is 0.665. The van der Waals surface area contributed by atoms with Crippen molar-refractivity contribution in [2.24, 2.45) is 0 Å². The van der Waals surface area contributed by atoms with Crippen molar-refractivity contribution in [3.63, 3.8) is 0 Å². The molecule has 1 heterocycles. The Labute approximate surface area is 127 Å². The van der Waals surface area contributed by atoms with Crippen molar-refractivity contribution < 1.29 is 17.9 Å². The zero-order chi connectivity index (χ0) is 15.6. The summed E-state index contributed by atoms with van der Waals surface area (Å²) in [5, 5.41) is 0.297. The maximum atomic E-state index is 12.0. The Morgan fingerprint density at radius 1 is 1.29 bits per heavy atom. The topological polar surface area (TPSA) is 77.4 Å². The normalized spacial score (nSPS) is 11.2. The van der Waals surface area contributed by atoms with Crippen molar-refractivity contribution in [3.8, 4) is 11.4 Å². The van der Waals surface area contributed by atoms with Crippen LogP contribution in [0.3, 0.4) is 0 Å². The highest BCUT2D eigenvalue weighted by molar-refractivity contribution is 7.89. The average molecular weight is 329 g/mol. The van der Waals surface area contributed by atoms with Crippen molar-refractivity contribution in [1.29, 1.82) is 0 Å². The van der Waals surface area contributed by atoms with E-state index in [0.29, 0.717) is 10.7 Å². The number of carbonyl (C=O) groups is 1. The molecule has 0 fully saturated rings. The van der Waals surface area contributed by atoms with Gasteiger partial charge in [-0.1, -0.05) is 11.6 Å². The van der Waals surface area contributed by atoms with Gasteiger partial charge in [0.2, 0.25) is 10.0 Å². The molecule has 1 aromatic carbocycles. The fourth-order valence-electron chi connectivity index (χ4n) is 1.81. The minimum absolute atomic E-state index is 0.0452. The number of rotatable bonds is 4. The number of halogens is 1. The Morgan fingerprint density at radius 3 is 2.43 bits per heavy atom. The highest BCUT2D eigenvalue weighted by Gasteiger charge is 2.19. The first-order valence-corrected chi connectivity index (χ1v) is 8.12. The van der Waals surface area contributed by atoms with Crippen LogP contribution in [0.25, 0.3) is 5.69 Å². The number of hydrogen-bond acceptors (Lipinski definition) is 4. The van der Waals surface area contributed by atoms with Gasteiger partial charge in [-0.2, -0.15) is 0 Å². The first-order valence-electron chi connectivity index (χ1n) is 5.85. The second kappa shape index (κ2) is 5.79. The molecule has 1 amide bonds. The minimum Gasteiger partial charge on any atom is -0.496 e. The predicted octanol–water partition coefficient (Wildman–Crippen LogP) is 1.83. The van der Waals surface area contributed by atoms with Crippen LogP contribution in [0.5, 0.6) is 5.75 Å². The third-order valence-electron chi connectivity index (χ3n) is 2.67. The van der Waals surface area contributed by atoms with E-state index in [4.69, 9.17) is 16.3 Å². The molecule has 0 aliphatic heterocycles. The molecule has 0 saturated heterocycles. The van der Waals surface area contributed by atoms with Crippen molar-refractivity contribution in [2.45, 2.75) is 0 Å². The highest BCUT2D eigenvalue weighted by Crippen LogP contribution is 2.30. The number of carbonyl (C=O) groups excluding carboxylic acids is 1. The molecule has 0 atom stereocenters. The van der Waals surface area contributed by atoms with E-state index < -0.39 is 15.9 Å². The van der Waals surface area contributed by atoms with Crippen LogP contribution in [0.15, 0.2) is 36.7 Å². The summed E-state index contributed by atoms with van der Waals surface area (Å²) in [6.45, 7) is 0. The Morgan fingerprint density at radius 2 is 1.90 bits per heavy atom. The summed E-state index contributed by atoms with van der Waals surface area (Å²) in [6, 6.07) is 6.59. The summed E-state index contributed by atoms with van der Waals surface area (Å²) in [6.07, 6.45) is 4.47. The molecule has 2 aromatic rings. The lowest BCUT2D eigenvalue weighted by molar-refractivity contribution is 0.0978. The molecule has 8 heteroatoms. The summed E-state index contributed by atoms with van der Waals surface area (Å²) in [5.74, 6) is -0.570. The summed E-state index contributed by atoms with van der Waals surface area (Å²) < 4.78 is 31.1. The molecule has 2 rings (SSSR count). The number of amides is 1. The second-order valence-electron chi connectivity index (χ2n) is 4.30. The summed E-state index contributed by atoms with van der Waals surface area (Å²) >= 11 is 6.16. The SMILES string of the molecule is COc1cc(-n2cccc2)c(Cl)cc1C(=O)NS(C)(=O)=O. The third-order valence-corrected chi connectivity index (χ3v) is 3.53. The molecule has 0 bridgehead atoms. The maximum absolute atomic E-state index is 12.0. The van der Waals surface area contributed by atoms with Gasteiger partial charge >= 0.3 is 0 Å². The molecule has 21 heavy (non-hydrogen) atoms. The molecule has 112 valence electrons. The third kappa shape index (κ3) is 3.56. The standard InChI is InChI=1S/C13H13ClN2O4S/c1-20-12-8-11(16-5-3-4-6-16)10(14)7-9(12)13(17)15-21(2,18)19/h3-8H,1-2H3,(H,15,17). The van der Waals surface area contributed by atoms with Gasteiger partial charge in [0.1, 0.15) is 5.75 Å². The van der Waals surface area contributed by atoms with Crippen LogP contribution in [0.2, 0.25) is 5.02 Å². The van der Waals surface area contributed by atoms with Gasteiger partial charge in [-0.3, -0.25) is 4.79 Å². The quantitative estimate of drug-likeness (QED) is 0.928. The van der Waals surface area contributed by atoms with Crippen molar-refractivity contribution >= 4 is 27.5 Å². The number of nitrogens with zero attached hydrogens (tertiary/aromatic N) is 1. The van der Waals surface area contributed by atoms with Gasteiger partial charge in [0, 0.05) is 18.5 Å². The molecule has 0 saturated carbocycles. The lowest BCUT2D eigenvalue weighted by Crippen LogP contribution is -2.29. The smallest absolute Gasteiger partial charge is 0.268 e. The number of aromatic nitrogens is 1. The fraction of sp³-hybridized carbons (Fsp3) is 0.154. The van der Waals surface area contributed by atoms with E-state index in [-0.39, 0.29) is 11.3 Å². The predicted molar refractivity (Wildman–Crippen MR) is 79.6 cm³/mol. The van der Waals surface area contributed by atoms with Gasteiger partial charge in [0.15, 0.2) is 0 Å². The van der Waals surface area contributed by atoms with E-state index in [1.165, 1.54) is 13.2 Å². The van der Waals surface area contributed by atoms with Crippen molar-refractivity contribution in [2.75, 3.05) is 13.4 Å². The number of ether oxygens (including phenoxy) is 1. The lowest BCUT2D eigenvalue weighted by atomic mass is 10.1. The molecule has 0 spiro atoms. The van der Waals surface area contributed by atoms with E-state index in [9.17, 15) is 13.2 Å². The number of sulfonamides is 1.